The Morgan fingerprint density at radius 2 is 1.77 bits per heavy atom. The molecule has 1 aromatic heterocycles. The molecule has 4 aromatic rings. The number of carbonyl (C=O) groups excluding carboxylic acids is 1. The van der Waals surface area contributed by atoms with E-state index in [1.165, 1.54) is 12.1 Å². The summed E-state index contributed by atoms with van der Waals surface area (Å²) in [6.45, 7) is 2.59. The largest absolute Gasteiger partial charge is 0.457 e. The first-order valence-electron chi connectivity index (χ1n) is 9.55. The van der Waals surface area contributed by atoms with Crippen molar-refractivity contribution < 1.29 is 14.5 Å². The Labute approximate surface area is 173 Å². The fraction of sp³-hybridized carbons (Fsp3) is 0.125. The van der Waals surface area contributed by atoms with Gasteiger partial charge in [-0.05, 0) is 30.7 Å². The number of aromatic nitrogens is 1. The molecule has 0 aliphatic rings. The molecule has 0 fully saturated rings. The van der Waals surface area contributed by atoms with Crippen molar-refractivity contribution in [2.75, 3.05) is 0 Å². The van der Waals surface area contributed by atoms with Gasteiger partial charge in [0.15, 0.2) is 0 Å². The van der Waals surface area contributed by atoms with E-state index < -0.39 is 10.9 Å². The van der Waals surface area contributed by atoms with Crippen molar-refractivity contribution in [3.05, 3.63) is 111 Å². The summed E-state index contributed by atoms with van der Waals surface area (Å²) in [5.74, 6) is -0.426. The first kappa shape index (κ1) is 19.4. The summed E-state index contributed by atoms with van der Waals surface area (Å²) in [6.07, 6.45) is 1.89. The number of fused-ring (bicyclic) bond motifs is 1. The molecule has 0 unspecified atom stereocenters. The maximum atomic E-state index is 12.4. The zero-order valence-corrected chi connectivity index (χ0v) is 16.4. The number of carbonyl (C=O) groups is 1. The number of hydrogen-bond acceptors (Lipinski definition) is 4. The lowest BCUT2D eigenvalue weighted by atomic mass is 10.1. The second-order valence-electron chi connectivity index (χ2n) is 7.17. The number of nitro groups is 1. The number of nitro benzene ring substituents is 1. The molecule has 150 valence electrons. The second-order valence-corrected chi connectivity index (χ2v) is 7.17. The summed E-state index contributed by atoms with van der Waals surface area (Å²) in [5, 5.41) is 12.0. The van der Waals surface area contributed by atoms with Crippen LogP contribution in [0.4, 0.5) is 5.69 Å². The Bertz CT molecular complexity index is 1210. The van der Waals surface area contributed by atoms with E-state index in [9.17, 15) is 14.9 Å². The molecule has 0 aliphatic heterocycles. The minimum absolute atomic E-state index is 0.00562. The SMILES string of the molecule is Cc1ccc(C(=O)OCc2cn(Cc3ccccc3)c3ccc([N+](=O)[O-])cc23)cc1. The zero-order valence-electron chi connectivity index (χ0n) is 16.4. The summed E-state index contributed by atoms with van der Waals surface area (Å²) in [5.41, 5.74) is 4.22. The molecule has 4 rings (SSSR count). The highest BCUT2D eigenvalue weighted by Gasteiger charge is 2.16. The van der Waals surface area contributed by atoms with Crippen molar-refractivity contribution in [3.8, 4) is 0 Å². The van der Waals surface area contributed by atoms with Gasteiger partial charge >= 0.3 is 5.97 Å². The highest BCUT2D eigenvalue weighted by atomic mass is 16.6. The lowest BCUT2D eigenvalue weighted by Crippen LogP contribution is -2.05. The van der Waals surface area contributed by atoms with E-state index in [0.717, 1.165) is 22.2 Å². The van der Waals surface area contributed by atoms with Crippen LogP contribution in [0, 0.1) is 17.0 Å². The number of nitrogens with zero attached hydrogens (tertiary/aromatic N) is 2. The monoisotopic (exact) mass is 400 g/mol. The molecule has 0 bridgehead atoms. The Hall–Kier alpha value is -3.93. The van der Waals surface area contributed by atoms with Gasteiger partial charge in [-0.3, -0.25) is 10.1 Å². The molecule has 0 radical (unpaired) electrons. The number of esters is 1. The predicted octanol–water partition coefficient (Wildman–Crippen LogP) is 5.26. The highest BCUT2D eigenvalue weighted by molar-refractivity contribution is 5.90. The molecule has 0 saturated carbocycles. The highest BCUT2D eigenvalue weighted by Crippen LogP contribution is 2.27. The van der Waals surface area contributed by atoms with Gasteiger partial charge in [-0.2, -0.15) is 0 Å². The van der Waals surface area contributed by atoms with E-state index in [4.69, 9.17) is 4.74 Å². The van der Waals surface area contributed by atoms with E-state index in [1.54, 1.807) is 18.2 Å². The minimum Gasteiger partial charge on any atom is -0.457 e. The summed E-state index contributed by atoms with van der Waals surface area (Å²) >= 11 is 0. The Morgan fingerprint density at radius 3 is 2.47 bits per heavy atom. The normalized spacial score (nSPS) is 10.8. The third-order valence-electron chi connectivity index (χ3n) is 5.00. The van der Waals surface area contributed by atoms with E-state index >= 15 is 0 Å². The van der Waals surface area contributed by atoms with Crippen LogP contribution in [-0.4, -0.2) is 15.5 Å². The fourth-order valence-corrected chi connectivity index (χ4v) is 3.41. The van der Waals surface area contributed by atoms with Crippen LogP contribution in [0.3, 0.4) is 0 Å². The van der Waals surface area contributed by atoms with Crippen molar-refractivity contribution in [2.45, 2.75) is 20.1 Å². The van der Waals surface area contributed by atoms with Crippen molar-refractivity contribution in [1.29, 1.82) is 0 Å². The standard InChI is InChI=1S/C24H20N2O4/c1-17-7-9-19(10-8-17)24(27)30-16-20-15-25(14-18-5-3-2-4-6-18)23-12-11-21(26(28)29)13-22(20)23/h2-13,15H,14,16H2,1H3. The summed E-state index contributed by atoms with van der Waals surface area (Å²) < 4.78 is 7.52. The van der Waals surface area contributed by atoms with Gasteiger partial charge in [0, 0.05) is 41.3 Å². The van der Waals surface area contributed by atoms with Gasteiger partial charge in [0.2, 0.25) is 0 Å². The Kier molecular flexibility index (Phi) is 5.30. The van der Waals surface area contributed by atoms with Gasteiger partial charge in [0.1, 0.15) is 6.61 Å². The maximum Gasteiger partial charge on any atom is 0.338 e. The molecule has 0 spiro atoms. The van der Waals surface area contributed by atoms with E-state index in [0.29, 0.717) is 17.5 Å². The smallest absolute Gasteiger partial charge is 0.338 e. The summed E-state index contributed by atoms with van der Waals surface area (Å²) in [4.78, 5) is 23.2. The molecular weight excluding hydrogens is 380 g/mol. The quantitative estimate of drug-likeness (QED) is 0.251. The first-order chi connectivity index (χ1) is 14.5. The van der Waals surface area contributed by atoms with E-state index in [1.807, 2.05) is 60.2 Å². The molecule has 0 amide bonds. The van der Waals surface area contributed by atoms with E-state index in [2.05, 4.69) is 0 Å². The first-order valence-corrected chi connectivity index (χ1v) is 9.55. The third-order valence-corrected chi connectivity index (χ3v) is 5.00. The van der Waals surface area contributed by atoms with E-state index in [-0.39, 0.29) is 12.3 Å². The van der Waals surface area contributed by atoms with Gasteiger partial charge in [0.25, 0.3) is 5.69 Å². The summed E-state index contributed by atoms with van der Waals surface area (Å²) in [6, 6.07) is 21.9. The molecule has 6 heteroatoms. The van der Waals surface area contributed by atoms with Crippen LogP contribution in [0.1, 0.15) is 27.0 Å². The predicted molar refractivity (Wildman–Crippen MR) is 114 cm³/mol. The third kappa shape index (κ3) is 4.07. The van der Waals surface area contributed by atoms with Crippen LogP contribution in [0.5, 0.6) is 0 Å². The molecule has 1 heterocycles. The Morgan fingerprint density at radius 1 is 1.03 bits per heavy atom. The van der Waals surface area contributed by atoms with Gasteiger partial charge in [-0.15, -0.1) is 0 Å². The molecule has 0 atom stereocenters. The number of non-ortho nitro benzene ring substituents is 1. The molecular formula is C24H20N2O4. The lowest BCUT2D eigenvalue weighted by molar-refractivity contribution is -0.384. The van der Waals surface area contributed by atoms with Crippen LogP contribution >= 0.6 is 0 Å². The average Bonchev–Trinajstić information content (AvgIpc) is 3.10. The molecule has 0 N–H and O–H groups in total. The number of aryl methyl sites for hydroxylation is 1. The summed E-state index contributed by atoms with van der Waals surface area (Å²) in [7, 11) is 0. The molecule has 6 nitrogen and oxygen atoms in total. The Balaban J connectivity index is 1.65. The van der Waals surface area contributed by atoms with Crippen molar-refractivity contribution >= 4 is 22.6 Å². The van der Waals surface area contributed by atoms with Gasteiger partial charge in [-0.1, -0.05) is 48.0 Å². The zero-order chi connectivity index (χ0) is 21.1. The molecule has 0 saturated heterocycles. The van der Waals surface area contributed by atoms with Crippen LogP contribution in [0.25, 0.3) is 10.9 Å². The molecule has 3 aromatic carbocycles. The second kappa shape index (κ2) is 8.21. The van der Waals surface area contributed by atoms with Gasteiger partial charge < -0.3 is 9.30 Å². The van der Waals surface area contributed by atoms with Crippen LogP contribution < -0.4 is 0 Å². The van der Waals surface area contributed by atoms with Crippen molar-refractivity contribution in [3.63, 3.8) is 0 Å². The maximum absolute atomic E-state index is 12.4. The van der Waals surface area contributed by atoms with Gasteiger partial charge in [-0.25, -0.2) is 4.79 Å². The number of hydrogen-bond donors (Lipinski definition) is 0. The number of rotatable bonds is 6. The minimum atomic E-state index is -0.426. The van der Waals surface area contributed by atoms with Crippen LogP contribution in [-0.2, 0) is 17.9 Å². The van der Waals surface area contributed by atoms with Crippen molar-refractivity contribution in [1.82, 2.24) is 4.57 Å². The molecule has 0 aliphatic carbocycles. The van der Waals surface area contributed by atoms with Crippen molar-refractivity contribution in [2.24, 2.45) is 0 Å². The van der Waals surface area contributed by atoms with Gasteiger partial charge in [0.05, 0.1) is 10.5 Å². The fourth-order valence-electron chi connectivity index (χ4n) is 3.41. The lowest BCUT2D eigenvalue weighted by Gasteiger charge is -2.05. The van der Waals surface area contributed by atoms with Crippen LogP contribution in [0.15, 0.2) is 79.0 Å². The number of ether oxygens (including phenoxy) is 1. The topological polar surface area (TPSA) is 74.4 Å². The number of benzene rings is 3. The van der Waals surface area contributed by atoms with Crippen LogP contribution in [0.2, 0.25) is 0 Å². The molecule has 30 heavy (non-hydrogen) atoms. The average molecular weight is 400 g/mol.